The van der Waals surface area contributed by atoms with Crippen LogP contribution < -0.4 is 30.4 Å². The van der Waals surface area contributed by atoms with Crippen LogP contribution in [0.1, 0.15) is 19.8 Å². The van der Waals surface area contributed by atoms with E-state index in [2.05, 4.69) is 15.9 Å². The maximum Gasteiger partial charge on any atom is 0.331 e. The van der Waals surface area contributed by atoms with Crippen LogP contribution in [-0.4, -0.2) is 67.1 Å². The maximum absolute atomic E-state index is 13.6. The van der Waals surface area contributed by atoms with E-state index in [4.69, 9.17) is 14.2 Å². The minimum Gasteiger partial charge on any atom is -0.495 e. The van der Waals surface area contributed by atoms with Crippen LogP contribution >= 0.6 is 0 Å². The Morgan fingerprint density at radius 2 is 1.69 bits per heavy atom. The van der Waals surface area contributed by atoms with Crippen molar-refractivity contribution < 1.29 is 14.2 Å². The number of methoxy groups -OCH3 is 1. The second-order valence-electron chi connectivity index (χ2n) is 9.26. The van der Waals surface area contributed by atoms with Crippen LogP contribution in [0, 0.1) is 0 Å². The summed E-state index contributed by atoms with van der Waals surface area (Å²) in [6.07, 6.45) is 1.52. The van der Waals surface area contributed by atoms with Crippen molar-refractivity contribution in [2.75, 3.05) is 57.9 Å². The summed E-state index contributed by atoms with van der Waals surface area (Å²) < 4.78 is 20.3. The van der Waals surface area contributed by atoms with E-state index in [1.165, 1.54) is 4.57 Å². The van der Waals surface area contributed by atoms with Crippen molar-refractivity contribution >= 4 is 16.6 Å². The monoisotopic (exact) mass is 494 g/mol. The van der Waals surface area contributed by atoms with Gasteiger partial charge in [0.2, 0.25) is 0 Å². The third-order valence-corrected chi connectivity index (χ3v) is 6.97. The molecule has 0 spiro atoms. The first-order valence-corrected chi connectivity index (χ1v) is 12.8. The van der Waals surface area contributed by atoms with Crippen LogP contribution in [0.15, 0.2) is 46.0 Å². The SMILES string of the molecule is CCCn1c(=O)n(CCN2CCN(c3ccccc3OC)CC2)c(=O)c2c3cc(cc21)OCCCO3. The predicted octanol–water partition coefficient (Wildman–Crippen LogP) is 2.57. The van der Waals surface area contributed by atoms with Gasteiger partial charge in [0.25, 0.3) is 5.56 Å². The lowest BCUT2D eigenvalue weighted by atomic mass is 10.2. The number of rotatable bonds is 7. The molecule has 0 aliphatic carbocycles. The van der Waals surface area contributed by atoms with Crippen LogP contribution in [0.2, 0.25) is 0 Å². The average molecular weight is 495 g/mol. The second-order valence-corrected chi connectivity index (χ2v) is 9.26. The van der Waals surface area contributed by atoms with Gasteiger partial charge in [-0.3, -0.25) is 18.8 Å². The van der Waals surface area contributed by atoms with Crippen molar-refractivity contribution in [1.82, 2.24) is 14.0 Å². The van der Waals surface area contributed by atoms with Gasteiger partial charge >= 0.3 is 5.69 Å². The fourth-order valence-corrected chi connectivity index (χ4v) is 5.08. The molecule has 0 radical (unpaired) electrons. The molecule has 0 unspecified atom stereocenters. The van der Waals surface area contributed by atoms with E-state index >= 15 is 0 Å². The lowest BCUT2D eigenvalue weighted by Gasteiger charge is -2.36. The molecule has 9 heteroatoms. The normalized spacial score (nSPS) is 16.2. The van der Waals surface area contributed by atoms with E-state index in [0.29, 0.717) is 55.2 Å². The molecule has 2 aromatic carbocycles. The highest BCUT2D eigenvalue weighted by Crippen LogP contribution is 2.30. The second kappa shape index (κ2) is 10.7. The first-order chi connectivity index (χ1) is 17.6. The molecule has 36 heavy (non-hydrogen) atoms. The number of fused-ring (bicyclic) bond motifs is 4. The minimum atomic E-state index is -0.294. The van der Waals surface area contributed by atoms with Gasteiger partial charge in [0.15, 0.2) is 0 Å². The Kier molecular flexibility index (Phi) is 7.18. The molecule has 1 saturated heterocycles. The summed E-state index contributed by atoms with van der Waals surface area (Å²) in [5.41, 5.74) is 1.11. The number of anilines is 1. The van der Waals surface area contributed by atoms with E-state index in [0.717, 1.165) is 50.5 Å². The molecule has 1 fully saturated rings. The molecule has 0 N–H and O–H groups in total. The number of piperazine rings is 1. The van der Waals surface area contributed by atoms with E-state index in [1.54, 1.807) is 23.8 Å². The lowest BCUT2D eigenvalue weighted by Crippen LogP contribution is -2.49. The summed E-state index contributed by atoms with van der Waals surface area (Å²) in [5, 5.41) is 0.457. The van der Waals surface area contributed by atoms with Crippen LogP contribution in [-0.2, 0) is 13.1 Å². The van der Waals surface area contributed by atoms with E-state index < -0.39 is 0 Å². The van der Waals surface area contributed by atoms with Gasteiger partial charge in [0.1, 0.15) is 22.6 Å². The smallest absolute Gasteiger partial charge is 0.331 e. The topological polar surface area (TPSA) is 78.2 Å². The molecular weight excluding hydrogens is 460 g/mol. The van der Waals surface area contributed by atoms with Crippen LogP contribution in [0.4, 0.5) is 5.69 Å². The summed E-state index contributed by atoms with van der Waals surface area (Å²) in [6.45, 7) is 7.93. The summed E-state index contributed by atoms with van der Waals surface area (Å²) in [4.78, 5) is 31.7. The molecule has 1 aromatic heterocycles. The van der Waals surface area contributed by atoms with Crippen molar-refractivity contribution in [3.8, 4) is 17.2 Å². The van der Waals surface area contributed by atoms with Crippen LogP contribution in [0.3, 0.4) is 0 Å². The van der Waals surface area contributed by atoms with Gasteiger partial charge in [-0.25, -0.2) is 4.79 Å². The van der Waals surface area contributed by atoms with Crippen molar-refractivity contribution in [3.05, 3.63) is 57.2 Å². The van der Waals surface area contributed by atoms with Gasteiger partial charge in [-0.05, 0) is 18.6 Å². The minimum absolute atomic E-state index is 0.276. The molecule has 192 valence electrons. The number of para-hydroxylation sites is 2. The van der Waals surface area contributed by atoms with Crippen molar-refractivity contribution in [1.29, 1.82) is 0 Å². The Balaban J connectivity index is 1.38. The Morgan fingerprint density at radius 3 is 2.47 bits per heavy atom. The zero-order valence-corrected chi connectivity index (χ0v) is 21.1. The molecular formula is C27H34N4O5. The zero-order chi connectivity index (χ0) is 25.1. The van der Waals surface area contributed by atoms with Gasteiger partial charge in [-0.2, -0.15) is 0 Å². The Hall–Kier alpha value is -3.46. The number of aryl methyl sites for hydroxylation is 1. The highest BCUT2D eigenvalue weighted by atomic mass is 16.5. The van der Waals surface area contributed by atoms with Gasteiger partial charge < -0.3 is 19.1 Å². The Labute approximate surface area is 210 Å². The van der Waals surface area contributed by atoms with E-state index in [1.807, 2.05) is 25.1 Å². The Morgan fingerprint density at radius 1 is 0.917 bits per heavy atom. The molecule has 2 aliphatic heterocycles. The first-order valence-electron chi connectivity index (χ1n) is 12.8. The number of ether oxygens (including phenoxy) is 3. The van der Waals surface area contributed by atoms with Crippen molar-refractivity contribution in [2.45, 2.75) is 32.9 Å². The quantitative estimate of drug-likeness (QED) is 0.500. The number of benzene rings is 2. The highest BCUT2D eigenvalue weighted by molar-refractivity contribution is 5.86. The Bertz CT molecular complexity index is 1340. The van der Waals surface area contributed by atoms with Crippen LogP contribution in [0.5, 0.6) is 17.2 Å². The fraction of sp³-hybridized carbons (Fsp3) is 0.481. The molecule has 0 saturated carbocycles. The van der Waals surface area contributed by atoms with Crippen molar-refractivity contribution in [2.24, 2.45) is 0 Å². The standard InChI is InChI=1S/C27H34N4O5/c1-3-9-30-22-18-20-19-24(36-17-6-16-35-20)25(22)26(32)31(27(30)33)15-12-28-10-13-29(14-11-28)21-7-4-5-8-23(21)34-2/h4-5,7-8,18-19H,3,6,9-17H2,1-2H3. The molecule has 3 aromatic rings. The van der Waals surface area contributed by atoms with E-state index in [-0.39, 0.29) is 11.2 Å². The van der Waals surface area contributed by atoms with E-state index in [9.17, 15) is 9.59 Å². The lowest BCUT2D eigenvalue weighted by molar-refractivity contribution is 0.235. The van der Waals surface area contributed by atoms with Crippen LogP contribution in [0.25, 0.3) is 10.9 Å². The van der Waals surface area contributed by atoms with Gasteiger partial charge in [0, 0.05) is 64.4 Å². The molecule has 0 atom stereocenters. The number of aromatic nitrogens is 2. The van der Waals surface area contributed by atoms with Gasteiger partial charge in [-0.15, -0.1) is 0 Å². The fourth-order valence-electron chi connectivity index (χ4n) is 5.08. The van der Waals surface area contributed by atoms with Gasteiger partial charge in [0.05, 0.1) is 31.5 Å². The number of hydrogen-bond donors (Lipinski definition) is 0. The predicted molar refractivity (Wildman–Crippen MR) is 140 cm³/mol. The summed E-state index contributed by atoms with van der Waals surface area (Å²) in [7, 11) is 1.69. The molecule has 0 amide bonds. The molecule has 5 rings (SSSR count). The molecule has 2 bridgehead atoms. The molecule has 3 heterocycles. The average Bonchev–Trinajstić information content (AvgIpc) is 2.89. The number of nitrogens with zero attached hydrogens (tertiary/aromatic N) is 4. The molecule has 2 aliphatic rings. The molecule has 9 nitrogen and oxygen atoms in total. The third kappa shape index (κ3) is 4.67. The first kappa shape index (κ1) is 24.2. The third-order valence-electron chi connectivity index (χ3n) is 6.97. The summed E-state index contributed by atoms with van der Waals surface area (Å²) >= 11 is 0. The largest absolute Gasteiger partial charge is 0.495 e. The summed E-state index contributed by atoms with van der Waals surface area (Å²) in [5.74, 6) is 2.00. The highest BCUT2D eigenvalue weighted by Gasteiger charge is 2.22. The van der Waals surface area contributed by atoms with Gasteiger partial charge in [-0.1, -0.05) is 19.1 Å². The zero-order valence-electron chi connectivity index (χ0n) is 21.1. The number of hydrogen-bond acceptors (Lipinski definition) is 7. The summed E-state index contributed by atoms with van der Waals surface area (Å²) in [6, 6.07) is 11.6. The van der Waals surface area contributed by atoms with Crippen molar-refractivity contribution in [3.63, 3.8) is 0 Å². The maximum atomic E-state index is 13.6.